The molecule has 0 aliphatic rings. The fraction of sp³-hybridized carbons (Fsp3) is 0. The summed E-state index contributed by atoms with van der Waals surface area (Å²) in [6.45, 7) is 0. The summed E-state index contributed by atoms with van der Waals surface area (Å²) in [4.78, 5) is 19.1. The smallest absolute Gasteiger partial charge is 0.217 e. The summed E-state index contributed by atoms with van der Waals surface area (Å²) in [5.41, 5.74) is -0.686. The summed E-state index contributed by atoms with van der Waals surface area (Å²) in [5.74, 6) is -2.67. The van der Waals surface area contributed by atoms with Gasteiger partial charge in [-0.15, -0.1) is 0 Å². The lowest BCUT2D eigenvalue weighted by Gasteiger charge is -2.04. The average Bonchev–Trinajstić information content (AvgIpc) is 2.35. The quantitative estimate of drug-likeness (QED) is 0.632. The third kappa shape index (κ3) is 2.21. The van der Waals surface area contributed by atoms with Crippen LogP contribution >= 0.6 is 15.9 Å². The summed E-state index contributed by atoms with van der Waals surface area (Å²) in [6, 6.07) is 3.51. The Kier molecular flexibility index (Phi) is 3.23. The van der Waals surface area contributed by atoms with E-state index in [-0.39, 0.29) is 10.2 Å². The van der Waals surface area contributed by atoms with E-state index in [1.807, 2.05) is 0 Å². The van der Waals surface area contributed by atoms with Gasteiger partial charge in [-0.3, -0.25) is 4.79 Å². The van der Waals surface area contributed by atoms with Gasteiger partial charge in [0.05, 0.1) is 10.0 Å². The predicted molar refractivity (Wildman–Crippen MR) is 59.5 cm³/mol. The molecule has 6 heteroatoms. The van der Waals surface area contributed by atoms with Crippen molar-refractivity contribution in [1.29, 1.82) is 0 Å². The molecule has 1 heterocycles. The summed E-state index contributed by atoms with van der Waals surface area (Å²) in [5, 5.41) is 0. The van der Waals surface area contributed by atoms with Crippen molar-refractivity contribution in [3.63, 3.8) is 0 Å². The first-order chi connectivity index (χ1) is 8.11. The van der Waals surface area contributed by atoms with Crippen molar-refractivity contribution in [1.82, 2.24) is 9.97 Å². The highest BCUT2D eigenvalue weighted by Gasteiger charge is 2.21. The summed E-state index contributed by atoms with van der Waals surface area (Å²) in [7, 11) is 0. The number of carbonyl (C=O) groups is 1. The first kappa shape index (κ1) is 11.8. The van der Waals surface area contributed by atoms with E-state index in [0.717, 1.165) is 12.4 Å². The van der Waals surface area contributed by atoms with Crippen LogP contribution in [0.2, 0.25) is 0 Å². The molecule has 2 aromatic rings. The van der Waals surface area contributed by atoms with Crippen LogP contribution in [-0.4, -0.2) is 15.8 Å². The molecule has 0 saturated heterocycles. The lowest BCUT2D eigenvalue weighted by Crippen LogP contribution is -2.09. The van der Waals surface area contributed by atoms with Crippen molar-refractivity contribution in [2.45, 2.75) is 0 Å². The first-order valence-corrected chi connectivity index (χ1v) is 5.34. The maximum absolute atomic E-state index is 13.6. The van der Waals surface area contributed by atoms with Crippen LogP contribution in [0.5, 0.6) is 0 Å². The highest BCUT2D eigenvalue weighted by atomic mass is 79.9. The van der Waals surface area contributed by atoms with Gasteiger partial charge in [-0.1, -0.05) is 0 Å². The number of nitrogens with zero attached hydrogens (tertiary/aromatic N) is 2. The third-order valence-electron chi connectivity index (χ3n) is 2.09. The molecule has 17 heavy (non-hydrogen) atoms. The molecular weight excluding hydrogens is 294 g/mol. The van der Waals surface area contributed by atoms with Crippen molar-refractivity contribution in [2.24, 2.45) is 0 Å². The van der Waals surface area contributed by atoms with E-state index >= 15 is 0 Å². The molecule has 0 spiro atoms. The van der Waals surface area contributed by atoms with Crippen molar-refractivity contribution in [2.75, 3.05) is 0 Å². The van der Waals surface area contributed by atoms with Gasteiger partial charge in [-0.05, 0) is 34.1 Å². The number of rotatable bonds is 2. The predicted octanol–water partition coefficient (Wildman–Crippen LogP) is 2.75. The van der Waals surface area contributed by atoms with Crippen LogP contribution in [0.15, 0.2) is 35.2 Å². The summed E-state index contributed by atoms with van der Waals surface area (Å²) in [6.07, 6.45) is 2.47. The summed E-state index contributed by atoms with van der Waals surface area (Å²) >= 11 is 2.89. The standard InChI is InChI=1S/C11H5BrF2N2O/c12-6-1-2-7(13)9(10(6)14)11(17)8-3-4-15-5-16-8/h1-5H. The second kappa shape index (κ2) is 4.67. The zero-order valence-corrected chi connectivity index (χ0v) is 9.91. The van der Waals surface area contributed by atoms with Gasteiger partial charge < -0.3 is 0 Å². The molecule has 0 unspecified atom stereocenters. The van der Waals surface area contributed by atoms with Crippen LogP contribution in [-0.2, 0) is 0 Å². The van der Waals surface area contributed by atoms with Crippen LogP contribution in [0.4, 0.5) is 8.78 Å². The fourth-order valence-corrected chi connectivity index (χ4v) is 1.62. The molecule has 3 nitrogen and oxygen atoms in total. The van der Waals surface area contributed by atoms with Gasteiger partial charge in [0.25, 0.3) is 0 Å². The molecule has 0 bridgehead atoms. The SMILES string of the molecule is O=C(c1ccncn1)c1c(F)ccc(Br)c1F. The van der Waals surface area contributed by atoms with E-state index in [2.05, 4.69) is 25.9 Å². The topological polar surface area (TPSA) is 42.9 Å². The Morgan fingerprint density at radius 2 is 2.00 bits per heavy atom. The lowest BCUT2D eigenvalue weighted by molar-refractivity contribution is 0.102. The minimum absolute atomic E-state index is 0.0244. The zero-order chi connectivity index (χ0) is 12.4. The molecule has 0 N–H and O–H groups in total. The highest BCUT2D eigenvalue weighted by Crippen LogP contribution is 2.23. The summed E-state index contributed by atoms with van der Waals surface area (Å²) < 4.78 is 27.1. The lowest BCUT2D eigenvalue weighted by atomic mass is 10.1. The fourth-order valence-electron chi connectivity index (χ4n) is 1.29. The van der Waals surface area contributed by atoms with Gasteiger partial charge >= 0.3 is 0 Å². The second-order valence-electron chi connectivity index (χ2n) is 3.14. The van der Waals surface area contributed by atoms with E-state index in [4.69, 9.17) is 0 Å². The number of halogens is 3. The Balaban J connectivity index is 2.56. The van der Waals surface area contributed by atoms with Gasteiger partial charge in [-0.2, -0.15) is 0 Å². The Labute approximate surface area is 104 Å². The molecule has 0 amide bonds. The van der Waals surface area contributed by atoms with Gasteiger partial charge in [0.15, 0.2) is 5.82 Å². The van der Waals surface area contributed by atoms with Crippen LogP contribution in [0, 0.1) is 11.6 Å². The Morgan fingerprint density at radius 3 is 2.65 bits per heavy atom. The van der Waals surface area contributed by atoms with Gasteiger partial charge in [0, 0.05) is 6.20 Å². The Morgan fingerprint density at radius 1 is 1.24 bits per heavy atom. The average molecular weight is 299 g/mol. The van der Waals surface area contributed by atoms with Crippen molar-refractivity contribution >= 4 is 21.7 Å². The molecule has 0 radical (unpaired) electrons. The number of aromatic nitrogens is 2. The Hall–Kier alpha value is -1.69. The van der Waals surface area contributed by atoms with Crippen LogP contribution in [0.1, 0.15) is 16.1 Å². The number of carbonyl (C=O) groups excluding carboxylic acids is 1. The molecule has 86 valence electrons. The second-order valence-corrected chi connectivity index (χ2v) is 4.00. The number of benzene rings is 1. The number of hydrogen-bond acceptors (Lipinski definition) is 3. The van der Waals surface area contributed by atoms with E-state index < -0.39 is 23.0 Å². The van der Waals surface area contributed by atoms with E-state index in [1.165, 1.54) is 18.3 Å². The molecule has 0 atom stereocenters. The molecule has 0 aliphatic carbocycles. The molecule has 2 rings (SSSR count). The molecule has 0 aliphatic heterocycles. The highest BCUT2D eigenvalue weighted by molar-refractivity contribution is 9.10. The molecule has 1 aromatic carbocycles. The molecule has 0 fully saturated rings. The van der Waals surface area contributed by atoms with Gasteiger partial charge in [-0.25, -0.2) is 18.7 Å². The minimum Gasteiger partial charge on any atom is -0.287 e. The van der Waals surface area contributed by atoms with Gasteiger partial charge in [0.1, 0.15) is 17.8 Å². The van der Waals surface area contributed by atoms with Crippen LogP contribution in [0.3, 0.4) is 0 Å². The first-order valence-electron chi connectivity index (χ1n) is 4.55. The van der Waals surface area contributed by atoms with Gasteiger partial charge in [0.2, 0.25) is 5.78 Å². The molecular formula is C11H5BrF2N2O. The monoisotopic (exact) mass is 298 g/mol. The van der Waals surface area contributed by atoms with E-state index in [9.17, 15) is 13.6 Å². The maximum atomic E-state index is 13.6. The molecule has 1 aromatic heterocycles. The van der Waals surface area contributed by atoms with Crippen molar-refractivity contribution < 1.29 is 13.6 Å². The van der Waals surface area contributed by atoms with E-state index in [0.29, 0.717) is 0 Å². The number of ketones is 1. The normalized spacial score (nSPS) is 10.3. The third-order valence-corrected chi connectivity index (χ3v) is 2.70. The maximum Gasteiger partial charge on any atom is 0.217 e. The van der Waals surface area contributed by atoms with Crippen molar-refractivity contribution in [3.8, 4) is 0 Å². The number of hydrogen-bond donors (Lipinski definition) is 0. The van der Waals surface area contributed by atoms with E-state index in [1.54, 1.807) is 0 Å². The van der Waals surface area contributed by atoms with Crippen LogP contribution in [0.25, 0.3) is 0 Å². The minimum atomic E-state index is -0.936. The van der Waals surface area contributed by atoms with Crippen LogP contribution < -0.4 is 0 Å². The molecule has 0 saturated carbocycles. The Bertz CT molecular complexity index is 575. The largest absolute Gasteiger partial charge is 0.287 e. The zero-order valence-electron chi connectivity index (χ0n) is 8.32. The van der Waals surface area contributed by atoms with Crippen molar-refractivity contribution in [3.05, 3.63) is 58.1 Å².